The lowest BCUT2D eigenvalue weighted by Crippen LogP contribution is -2.41. The van der Waals surface area contributed by atoms with Crippen LogP contribution in [0.4, 0.5) is 11.6 Å². The van der Waals surface area contributed by atoms with Gasteiger partial charge in [0.05, 0.1) is 27.2 Å². The molecule has 0 bridgehead atoms. The van der Waals surface area contributed by atoms with Gasteiger partial charge in [0.15, 0.2) is 17.1 Å². The minimum absolute atomic E-state index is 0.0530. The number of ether oxygens (including phenoxy) is 3. The molecule has 9 nitrogen and oxygen atoms in total. The molecule has 1 fully saturated rings. The Kier molecular flexibility index (Phi) is 5.60. The summed E-state index contributed by atoms with van der Waals surface area (Å²) < 4.78 is 18.0. The van der Waals surface area contributed by atoms with E-state index in [1.54, 1.807) is 33.5 Å². The number of carbonyl (C=O) groups excluding carboxylic acids is 1. The highest BCUT2D eigenvalue weighted by atomic mass is 16.5. The van der Waals surface area contributed by atoms with Crippen molar-refractivity contribution in [3.63, 3.8) is 0 Å². The fourth-order valence-corrected chi connectivity index (χ4v) is 3.81. The zero-order valence-electron chi connectivity index (χ0n) is 17.3. The van der Waals surface area contributed by atoms with Gasteiger partial charge in [0.1, 0.15) is 0 Å². The van der Waals surface area contributed by atoms with Crippen molar-refractivity contribution in [1.82, 2.24) is 14.6 Å². The Labute approximate surface area is 174 Å². The lowest BCUT2D eigenvalue weighted by Gasteiger charge is -2.32. The van der Waals surface area contributed by atoms with Crippen LogP contribution >= 0.6 is 0 Å². The maximum absolute atomic E-state index is 13.0. The first kappa shape index (κ1) is 19.8. The van der Waals surface area contributed by atoms with Gasteiger partial charge in [0.2, 0.25) is 17.6 Å². The number of rotatable bonds is 6. The molecule has 1 N–H and O–H groups in total. The van der Waals surface area contributed by atoms with Crippen molar-refractivity contribution in [1.29, 1.82) is 0 Å². The van der Waals surface area contributed by atoms with Gasteiger partial charge in [0, 0.05) is 37.1 Å². The first-order valence-corrected chi connectivity index (χ1v) is 9.80. The molecule has 0 spiro atoms. The van der Waals surface area contributed by atoms with E-state index >= 15 is 0 Å². The zero-order chi connectivity index (χ0) is 21.1. The van der Waals surface area contributed by atoms with E-state index in [2.05, 4.69) is 20.4 Å². The second-order valence-electron chi connectivity index (χ2n) is 7.12. The maximum Gasteiger partial charge on any atom is 0.231 e. The summed E-state index contributed by atoms with van der Waals surface area (Å²) in [7, 11) is 4.64. The zero-order valence-corrected chi connectivity index (χ0v) is 17.3. The minimum atomic E-state index is -0.172. The smallest absolute Gasteiger partial charge is 0.231 e. The van der Waals surface area contributed by atoms with Crippen molar-refractivity contribution < 1.29 is 19.0 Å². The van der Waals surface area contributed by atoms with Crippen LogP contribution in [0.15, 0.2) is 36.5 Å². The first-order chi connectivity index (χ1) is 14.6. The molecule has 1 aliphatic rings. The molecule has 1 saturated heterocycles. The number of methoxy groups -OCH3 is 3. The van der Waals surface area contributed by atoms with Crippen molar-refractivity contribution in [2.75, 3.05) is 44.6 Å². The van der Waals surface area contributed by atoms with Crippen molar-refractivity contribution in [2.24, 2.45) is 5.92 Å². The quantitative estimate of drug-likeness (QED) is 0.667. The van der Waals surface area contributed by atoms with Crippen LogP contribution in [0, 0.1) is 5.92 Å². The second kappa shape index (κ2) is 8.48. The van der Waals surface area contributed by atoms with Crippen LogP contribution in [-0.2, 0) is 4.79 Å². The van der Waals surface area contributed by atoms with Crippen LogP contribution in [0.5, 0.6) is 17.2 Å². The van der Waals surface area contributed by atoms with E-state index < -0.39 is 0 Å². The topological polar surface area (TPSA) is 90.2 Å². The number of aromatic nitrogens is 3. The van der Waals surface area contributed by atoms with Crippen LogP contribution in [0.3, 0.4) is 0 Å². The monoisotopic (exact) mass is 411 g/mol. The highest BCUT2D eigenvalue weighted by Crippen LogP contribution is 2.40. The predicted octanol–water partition coefficient (Wildman–Crippen LogP) is 2.61. The van der Waals surface area contributed by atoms with Crippen LogP contribution in [0.2, 0.25) is 0 Å². The van der Waals surface area contributed by atoms with Gasteiger partial charge in [-0.25, -0.2) is 0 Å². The van der Waals surface area contributed by atoms with E-state index in [9.17, 15) is 4.79 Å². The summed E-state index contributed by atoms with van der Waals surface area (Å²) in [4.78, 5) is 15.1. The first-order valence-electron chi connectivity index (χ1n) is 9.80. The van der Waals surface area contributed by atoms with E-state index in [0.717, 1.165) is 31.0 Å². The third-order valence-corrected chi connectivity index (χ3v) is 5.30. The molecule has 0 unspecified atom stereocenters. The van der Waals surface area contributed by atoms with Crippen molar-refractivity contribution in [3.8, 4) is 17.2 Å². The second-order valence-corrected chi connectivity index (χ2v) is 7.12. The number of fused-ring (bicyclic) bond motifs is 1. The molecule has 2 aromatic heterocycles. The Morgan fingerprint density at radius 1 is 1.10 bits per heavy atom. The summed E-state index contributed by atoms with van der Waals surface area (Å²) in [5.41, 5.74) is 1.39. The molecule has 9 heteroatoms. The number of hydrogen-bond donors (Lipinski definition) is 1. The summed E-state index contributed by atoms with van der Waals surface area (Å²) in [6.45, 7) is 1.41. The van der Waals surface area contributed by atoms with Gasteiger partial charge in [-0.2, -0.15) is 0 Å². The summed E-state index contributed by atoms with van der Waals surface area (Å²) in [6.07, 6.45) is 3.64. The molecule has 4 rings (SSSR count). The summed E-state index contributed by atoms with van der Waals surface area (Å²) in [5, 5.41) is 11.5. The number of anilines is 2. The van der Waals surface area contributed by atoms with E-state index in [4.69, 9.17) is 14.2 Å². The normalized spacial score (nSPS) is 16.4. The van der Waals surface area contributed by atoms with Crippen molar-refractivity contribution >= 4 is 23.2 Å². The molecule has 1 amide bonds. The molecule has 30 heavy (non-hydrogen) atoms. The average molecular weight is 411 g/mol. The van der Waals surface area contributed by atoms with Gasteiger partial charge in [-0.15, -0.1) is 10.2 Å². The molecular weight excluding hydrogens is 386 g/mol. The largest absolute Gasteiger partial charge is 0.493 e. The Balaban J connectivity index is 1.51. The maximum atomic E-state index is 13.0. The fraction of sp³-hybridized carbons (Fsp3) is 0.381. The molecule has 0 radical (unpaired) electrons. The Bertz CT molecular complexity index is 1030. The van der Waals surface area contributed by atoms with Crippen molar-refractivity contribution in [3.05, 3.63) is 36.5 Å². The van der Waals surface area contributed by atoms with Crippen LogP contribution in [0.25, 0.3) is 5.65 Å². The minimum Gasteiger partial charge on any atom is -0.493 e. The number of piperidine rings is 1. The number of carbonyl (C=O) groups is 1. The fourth-order valence-electron chi connectivity index (χ4n) is 3.81. The van der Waals surface area contributed by atoms with Crippen LogP contribution in [0.1, 0.15) is 12.8 Å². The molecule has 0 aliphatic carbocycles. The third kappa shape index (κ3) is 3.70. The molecule has 3 heterocycles. The molecular formula is C21H25N5O4. The lowest BCUT2D eigenvalue weighted by atomic mass is 9.97. The SMILES string of the molecule is COc1cc(NC(=O)[C@@H]2CCCN(c3nnc4ccccn34)C2)cc(OC)c1OC. The molecule has 1 aliphatic heterocycles. The van der Waals surface area contributed by atoms with E-state index in [1.165, 1.54) is 0 Å². The van der Waals surface area contributed by atoms with Gasteiger partial charge in [-0.1, -0.05) is 6.07 Å². The summed E-state index contributed by atoms with van der Waals surface area (Å²) >= 11 is 0. The number of nitrogens with one attached hydrogen (secondary N) is 1. The van der Waals surface area contributed by atoms with E-state index in [-0.39, 0.29) is 11.8 Å². The summed E-state index contributed by atoms with van der Waals surface area (Å²) in [5.74, 6) is 2.01. The van der Waals surface area contributed by atoms with Gasteiger partial charge in [-0.3, -0.25) is 9.20 Å². The molecule has 3 aromatic rings. The highest BCUT2D eigenvalue weighted by molar-refractivity contribution is 5.93. The molecule has 158 valence electrons. The van der Waals surface area contributed by atoms with E-state index in [0.29, 0.717) is 29.5 Å². The Morgan fingerprint density at radius 2 is 1.87 bits per heavy atom. The number of hydrogen-bond acceptors (Lipinski definition) is 7. The predicted molar refractivity (Wildman–Crippen MR) is 113 cm³/mol. The number of pyridine rings is 1. The average Bonchev–Trinajstić information content (AvgIpc) is 3.22. The van der Waals surface area contributed by atoms with Crippen LogP contribution in [-0.4, -0.2) is 54.9 Å². The lowest BCUT2D eigenvalue weighted by molar-refractivity contribution is -0.120. The summed E-state index contributed by atoms with van der Waals surface area (Å²) in [6, 6.07) is 9.24. The van der Waals surface area contributed by atoms with Gasteiger partial charge >= 0.3 is 0 Å². The standard InChI is InChI=1S/C21H25N5O4/c1-28-16-11-15(12-17(29-2)19(16)30-3)22-20(27)14-7-6-9-25(13-14)21-24-23-18-8-4-5-10-26(18)21/h4-5,8,10-12,14H,6-7,9,13H2,1-3H3,(H,22,27)/t14-/m1/s1. The highest BCUT2D eigenvalue weighted by Gasteiger charge is 2.28. The Hall–Kier alpha value is -3.49. The third-order valence-electron chi connectivity index (χ3n) is 5.30. The van der Waals surface area contributed by atoms with Gasteiger partial charge in [0.25, 0.3) is 0 Å². The molecule has 1 atom stereocenters. The van der Waals surface area contributed by atoms with Gasteiger partial charge < -0.3 is 24.4 Å². The molecule has 1 aromatic carbocycles. The Morgan fingerprint density at radius 3 is 2.57 bits per heavy atom. The van der Waals surface area contributed by atoms with Crippen LogP contribution < -0.4 is 24.4 Å². The molecule has 0 saturated carbocycles. The van der Waals surface area contributed by atoms with E-state index in [1.807, 2.05) is 28.8 Å². The number of benzene rings is 1. The number of nitrogens with zero attached hydrogens (tertiary/aromatic N) is 4. The van der Waals surface area contributed by atoms with Crippen molar-refractivity contribution in [2.45, 2.75) is 12.8 Å². The number of amides is 1. The van der Waals surface area contributed by atoms with Gasteiger partial charge in [-0.05, 0) is 25.0 Å².